The summed E-state index contributed by atoms with van der Waals surface area (Å²) in [6, 6.07) is 8.34. The van der Waals surface area contributed by atoms with Crippen LogP contribution < -0.4 is 4.74 Å². The maximum absolute atomic E-state index is 11.8. The highest BCUT2D eigenvalue weighted by Crippen LogP contribution is 2.28. The monoisotopic (exact) mass is 333 g/mol. The average Bonchev–Trinajstić information content (AvgIpc) is 2.62. The highest BCUT2D eigenvalue weighted by Gasteiger charge is 2.25. The number of esters is 1. The van der Waals surface area contributed by atoms with Crippen molar-refractivity contribution < 1.29 is 14.3 Å². The molecule has 0 aliphatic carbocycles. The first-order chi connectivity index (χ1) is 11.7. The third kappa shape index (κ3) is 5.23. The van der Waals surface area contributed by atoms with Gasteiger partial charge in [-0.2, -0.15) is 0 Å². The number of likely N-dealkylation sites (tertiary alicyclic amines) is 1. The van der Waals surface area contributed by atoms with Crippen molar-refractivity contribution in [2.75, 3.05) is 32.8 Å². The number of ether oxygens (including phenoxy) is 2. The Bertz CT molecular complexity index is 509. The second kappa shape index (κ2) is 9.67. The summed E-state index contributed by atoms with van der Waals surface area (Å²) in [4.78, 5) is 14.1. The number of nitrogens with zero attached hydrogens (tertiary/aromatic N) is 1. The van der Waals surface area contributed by atoms with Crippen molar-refractivity contribution in [3.63, 3.8) is 0 Å². The molecule has 0 amide bonds. The molecule has 1 aliphatic heterocycles. The molecule has 1 heterocycles. The van der Waals surface area contributed by atoms with Gasteiger partial charge in [0.05, 0.1) is 12.5 Å². The number of carbonyl (C=O) groups is 1. The van der Waals surface area contributed by atoms with Crippen LogP contribution in [0.15, 0.2) is 24.3 Å². The molecule has 0 aromatic heterocycles. The number of rotatable bonds is 8. The van der Waals surface area contributed by atoms with Crippen LogP contribution in [0, 0.1) is 5.92 Å². The molecule has 134 valence electrons. The molecule has 0 unspecified atom stereocenters. The second-order valence-electron chi connectivity index (χ2n) is 6.56. The normalized spacial score (nSPS) is 17.5. The zero-order valence-electron chi connectivity index (χ0n) is 15.3. The van der Waals surface area contributed by atoms with E-state index in [0.717, 1.165) is 44.6 Å². The van der Waals surface area contributed by atoms with E-state index in [1.54, 1.807) is 0 Å². The lowest BCUT2D eigenvalue weighted by Crippen LogP contribution is -2.39. The van der Waals surface area contributed by atoms with Crippen molar-refractivity contribution in [1.29, 1.82) is 0 Å². The van der Waals surface area contributed by atoms with Crippen LogP contribution in [0.4, 0.5) is 0 Å². The van der Waals surface area contributed by atoms with Crippen molar-refractivity contribution in [2.45, 2.75) is 46.0 Å². The molecule has 1 saturated heterocycles. The third-order valence-electron chi connectivity index (χ3n) is 4.93. The van der Waals surface area contributed by atoms with Gasteiger partial charge in [-0.1, -0.05) is 32.0 Å². The molecule has 0 saturated carbocycles. The van der Waals surface area contributed by atoms with Gasteiger partial charge in [-0.15, -0.1) is 0 Å². The van der Waals surface area contributed by atoms with Crippen LogP contribution in [-0.4, -0.2) is 43.7 Å². The smallest absolute Gasteiger partial charge is 0.309 e. The molecule has 1 aromatic carbocycles. The first-order valence-electron chi connectivity index (χ1n) is 9.26. The summed E-state index contributed by atoms with van der Waals surface area (Å²) < 4.78 is 11.2. The fourth-order valence-electron chi connectivity index (χ4n) is 3.18. The molecule has 0 spiro atoms. The predicted molar refractivity (Wildman–Crippen MR) is 96.4 cm³/mol. The maximum Gasteiger partial charge on any atom is 0.309 e. The average molecular weight is 333 g/mol. The summed E-state index contributed by atoms with van der Waals surface area (Å²) in [5.74, 6) is 1.57. The fourth-order valence-corrected chi connectivity index (χ4v) is 3.18. The summed E-state index contributed by atoms with van der Waals surface area (Å²) in [6.45, 7) is 10.3. The van der Waals surface area contributed by atoms with E-state index in [4.69, 9.17) is 9.47 Å². The van der Waals surface area contributed by atoms with Crippen LogP contribution in [0.3, 0.4) is 0 Å². The number of benzene rings is 1. The van der Waals surface area contributed by atoms with Crippen LogP contribution in [0.2, 0.25) is 0 Å². The molecule has 0 bridgehead atoms. The summed E-state index contributed by atoms with van der Waals surface area (Å²) in [5, 5.41) is 0. The molecule has 0 radical (unpaired) electrons. The SMILES string of the molecule is CCOC(=O)C1CCN(CCOc2ccccc2[C@H](C)CC)CC1. The fraction of sp³-hybridized carbons (Fsp3) is 0.650. The summed E-state index contributed by atoms with van der Waals surface area (Å²) in [7, 11) is 0. The minimum absolute atomic E-state index is 0.0316. The van der Waals surface area contributed by atoms with Gasteiger partial charge in [-0.05, 0) is 56.8 Å². The van der Waals surface area contributed by atoms with Gasteiger partial charge in [0.2, 0.25) is 0 Å². The van der Waals surface area contributed by atoms with Gasteiger partial charge in [0.25, 0.3) is 0 Å². The van der Waals surface area contributed by atoms with Crippen molar-refractivity contribution in [3.8, 4) is 5.75 Å². The van der Waals surface area contributed by atoms with Crippen molar-refractivity contribution in [2.24, 2.45) is 5.92 Å². The minimum Gasteiger partial charge on any atom is -0.492 e. The number of para-hydroxylation sites is 1. The molecule has 1 atom stereocenters. The van der Waals surface area contributed by atoms with Crippen molar-refractivity contribution >= 4 is 5.97 Å². The van der Waals surface area contributed by atoms with E-state index in [1.807, 2.05) is 13.0 Å². The number of piperidine rings is 1. The molecular formula is C20H31NO3. The Labute approximate surface area is 146 Å². The quantitative estimate of drug-likeness (QED) is 0.677. The van der Waals surface area contributed by atoms with E-state index in [0.29, 0.717) is 19.1 Å². The molecular weight excluding hydrogens is 302 g/mol. The third-order valence-corrected chi connectivity index (χ3v) is 4.93. The number of hydrogen-bond donors (Lipinski definition) is 0. The van der Waals surface area contributed by atoms with E-state index in [-0.39, 0.29) is 11.9 Å². The molecule has 1 aromatic rings. The van der Waals surface area contributed by atoms with Gasteiger partial charge < -0.3 is 9.47 Å². The lowest BCUT2D eigenvalue weighted by Gasteiger charge is -2.30. The summed E-state index contributed by atoms with van der Waals surface area (Å²) >= 11 is 0. The first kappa shape index (κ1) is 18.8. The molecule has 1 aliphatic rings. The maximum atomic E-state index is 11.8. The van der Waals surface area contributed by atoms with Crippen LogP contribution in [0.25, 0.3) is 0 Å². The highest BCUT2D eigenvalue weighted by atomic mass is 16.5. The molecule has 0 N–H and O–H groups in total. The van der Waals surface area contributed by atoms with Crippen molar-refractivity contribution in [3.05, 3.63) is 29.8 Å². The van der Waals surface area contributed by atoms with Crippen molar-refractivity contribution in [1.82, 2.24) is 4.90 Å². The summed E-state index contributed by atoms with van der Waals surface area (Å²) in [6.07, 6.45) is 2.90. The Morgan fingerprint density at radius 3 is 2.62 bits per heavy atom. The van der Waals surface area contributed by atoms with Gasteiger partial charge in [0.15, 0.2) is 0 Å². The lowest BCUT2D eigenvalue weighted by atomic mass is 9.97. The van der Waals surface area contributed by atoms with Gasteiger partial charge in [0, 0.05) is 6.54 Å². The van der Waals surface area contributed by atoms with Crippen LogP contribution in [0.5, 0.6) is 5.75 Å². The largest absolute Gasteiger partial charge is 0.492 e. The molecule has 4 heteroatoms. The Hall–Kier alpha value is -1.55. The Kier molecular flexibility index (Phi) is 7.57. The molecule has 1 fully saturated rings. The van der Waals surface area contributed by atoms with Gasteiger partial charge in [-0.25, -0.2) is 0 Å². The van der Waals surface area contributed by atoms with E-state index in [1.165, 1.54) is 5.56 Å². The van der Waals surface area contributed by atoms with Crippen LogP contribution in [-0.2, 0) is 9.53 Å². The lowest BCUT2D eigenvalue weighted by molar-refractivity contribution is -0.149. The topological polar surface area (TPSA) is 38.8 Å². The van der Waals surface area contributed by atoms with Gasteiger partial charge in [0.1, 0.15) is 12.4 Å². The first-order valence-corrected chi connectivity index (χ1v) is 9.26. The second-order valence-corrected chi connectivity index (χ2v) is 6.56. The standard InChI is InChI=1S/C20H31NO3/c1-4-16(3)18-8-6-7-9-19(18)24-15-14-21-12-10-17(11-13-21)20(22)23-5-2/h6-9,16-17H,4-5,10-15H2,1-3H3/t16-/m1/s1. The molecule has 4 nitrogen and oxygen atoms in total. The van der Waals surface area contributed by atoms with Crippen LogP contribution >= 0.6 is 0 Å². The predicted octanol–water partition coefficient (Wildman–Crippen LogP) is 3.85. The summed E-state index contributed by atoms with van der Waals surface area (Å²) in [5.41, 5.74) is 1.29. The van der Waals surface area contributed by atoms with Gasteiger partial charge >= 0.3 is 5.97 Å². The Morgan fingerprint density at radius 1 is 1.25 bits per heavy atom. The number of carbonyl (C=O) groups excluding carboxylic acids is 1. The Morgan fingerprint density at radius 2 is 1.96 bits per heavy atom. The minimum atomic E-state index is -0.0316. The van der Waals surface area contributed by atoms with E-state index in [9.17, 15) is 4.79 Å². The van der Waals surface area contributed by atoms with E-state index in [2.05, 4.69) is 36.9 Å². The van der Waals surface area contributed by atoms with E-state index < -0.39 is 0 Å². The van der Waals surface area contributed by atoms with Crippen LogP contribution in [0.1, 0.15) is 51.5 Å². The highest BCUT2D eigenvalue weighted by molar-refractivity contribution is 5.72. The molecule has 24 heavy (non-hydrogen) atoms. The van der Waals surface area contributed by atoms with Gasteiger partial charge in [-0.3, -0.25) is 9.69 Å². The Balaban J connectivity index is 1.75. The zero-order valence-corrected chi connectivity index (χ0v) is 15.3. The van der Waals surface area contributed by atoms with E-state index >= 15 is 0 Å². The number of hydrogen-bond acceptors (Lipinski definition) is 4. The zero-order chi connectivity index (χ0) is 17.4. The molecule has 2 rings (SSSR count).